The lowest BCUT2D eigenvalue weighted by Crippen LogP contribution is -2.49. The van der Waals surface area contributed by atoms with Crippen LogP contribution in [0.3, 0.4) is 0 Å². The van der Waals surface area contributed by atoms with Crippen molar-refractivity contribution in [3.05, 3.63) is 71.8 Å². The van der Waals surface area contributed by atoms with Crippen LogP contribution in [0.25, 0.3) is 6.08 Å². The monoisotopic (exact) mass is 584 g/mol. The number of hydrogen-bond acceptors (Lipinski definition) is 7. The fourth-order valence-corrected chi connectivity index (χ4v) is 7.54. The SMILES string of the molecule is COc1cc(C=C[C@H]2C3=CC[C@@H]4C(=O)N(CCC(=O)O)C(=O)[C@@H]4[C@@H]3C[C@H]3C(=O)N(c4ccccc4)C(=O)[C@@]23C)ccc1O. The van der Waals surface area contributed by atoms with Crippen molar-refractivity contribution in [2.75, 3.05) is 18.6 Å². The highest BCUT2D eigenvalue weighted by molar-refractivity contribution is 6.24. The van der Waals surface area contributed by atoms with E-state index >= 15 is 0 Å². The zero-order chi connectivity index (χ0) is 30.6. The molecule has 0 spiro atoms. The van der Waals surface area contributed by atoms with E-state index < -0.39 is 46.9 Å². The number of aliphatic carboxylic acids is 1. The Balaban J connectivity index is 1.44. The third-order valence-electron chi connectivity index (χ3n) is 9.69. The molecule has 3 fully saturated rings. The molecule has 0 aromatic heterocycles. The number of likely N-dealkylation sites (tertiary alicyclic amines) is 1. The molecular formula is C33H32N2O8. The summed E-state index contributed by atoms with van der Waals surface area (Å²) in [5, 5.41) is 19.2. The number of benzene rings is 2. The molecule has 4 amide bonds. The number of amides is 4. The topological polar surface area (TPSA) is 142 Å². The molecule has 0 radical (unpaired) electrons. The van der Waals surface area contributed by atoms with Crippen LogP contribution < -0.4 is 9.64 Å². The van der Waals surface area contributed by atoms with Gasteiger partial charge in [-0.05, 0) is 55.5 Å². The number of fused-ring (bicyclic) bond motifs is 4. The molecule has 222 valence electrons. The Bertz CT molecular complexity index is 1600. The van der Waals surface area contributed by atoms with E-state index in [4.69, 9.17) is 9.84 Å². The highest BCUT2D eigenvalue weighted by atomic mass is 16.5. The maximum absolute atomic E-state index is 14.3. The van der Waals surface area contributed by atoms with E-state index in [1.165, 1.54) is 18.1 Å². The van der Waals surface area contributed by atoms with Crippen LogP contribution in [0.1, 0.15) is 31.7 Å². The first-order valence-electron chi connectivity index (χ1n) is 14.3. The Morgan fingerprint density at radius 2 is 1.79 bits per heavy atom. The molecule has 43 heavy (non-hydrogen) atoms. The van der Waals surface area contributed by atoms with Crippen molar-refractivity contribution in [3.8, 4) is 11.5 Å². The predicted molar refractivity (Wildman–Crippen MR) is 154 cm³/mol. The Morgan fingerprint density at radius 3 is 2.49 bits per heavy atom. The first-order chi connectivity index (χ1) is 20.6. The molecular weight excluding hydrogens is 552 g/mol. The van der Waals surface area contributed by atoms with E-state index in [0.29, 0.717) is 11.3 Å². The number of ether oxygens (including phenoxy) is 1. The maximum atomic E-state index is 14.3. The molecule has 2 aliphatic carbocycles. The molecule has 4 aliphatic rings. The quantitative estimate of drug-likeness (QED) is 0.371. The van der Waals surface area contributed by atoms with Gasteiger partial charge in [0.05, 0.1) is 42.4 Å². The fourth-order valence-electron chi connectivity index (χ4n) is 7.54. The third kappa shape index (κ3) is 4.35. The minimum absolute atomic E-state index is 0.0163. The summed E-state index contributed by atoms with van der Waals surface area (Å²) in [7, 11) is 1.45. The molecule has 2 aromatic carbocycles. The van der Waals surface area contributed by atoms with E-state index in [9.17, 15) is 29.1 Å². The van der Waals surface area contributed by atoms with Crippen molar-refractivity contribution < 1.29 is 38.9 Å². The number of carboxylic acid groups (broad SMARTS) is 1. The lowest BCUT2D eigenvalue weighted by Gasteiger charge is -2.47. The summed E-state index contributed by atoms with van der Waals surface area (Å²) in [4.78, 5) is 68.8. The number of phenols is 1. The number of hydrogen-bond donors (Lipinski definition) is 2. The second kappa shape index (κ2) is 10.5. The molecule has 6 atom stereocenters. The molecule has 2 aromatic rings. The van der Waals surface area contributed by atoms with E-state index in [1.54, 1.807) is 49.4 Å². The first kappa shape index (κ1) is 28.4. The van der Waals surface area contributed by atoms with Gasteiger partial charge >= 0.3 is 5.97 Å². The highest BCUT2D eigenvalue weighted by Gasteiger charge is 2.66. The number of para-hydroxylation sites is 1. The average molecular weight is 585 g/mol. The summed E-state index contributed by atoms with van der Waals surface area (Å²) >= 11 is 0. The van der Waals surface area contributed by atoms with Crippen molar-refractivity contribution in [1.29, 1.82) is 0 Å². The fraction of sp³-hybridized carbons (Fsp3) is 0.364. The van der Waals surface area contributed by atoms with Gasteiger partial charge in [-0.2, -0.15) is 0 Å². The van der Waals surface area contributed by atoms with Crippen molar-refractivity contribution in [3.63, 3.8) is 0 Å². The summed E-state index contributed by atoms with van der Waals surface area (Å²) in [5.41, 5.74) is 0.851. The van der Waals surface area contributed by atoms with Gasteiger partial charge < -0.3 is 14.9 Å². The Hall–Kier alpha value is -4.73. The molecule has 2 saturated heterocycles. The summed E-state index contributed by atoms with van der Waals surface area (Å²) in [5.74, 6) is -5.47. The number of rotatable bonds is 7. The lowest BCUT2D eigenvalue weighted by atomic mass is 9.52. The van der Waals surface area contributed by atoms with Gasteiger partial charge in [-0.15, -0.1) is 0 Å². The smallest absolute Gasteiger partial charge is 0.305 e. The lowest BCUT2D eigenvalue weighted by molar-refractivity contribution is -0.142. The normalized spacial score (nSPS) is 29.9. The van der Waals surface area contributed by atoms with E-state index in [1.807, 2.05) is 18.2 Å². The standard InChI is InChI=1S/C33H32N2O8/c1-33-23(12-8-18-9-13-25(36)26(16-18)43-2)20-10-11-21-28(31(41)34(29(21)39)15-14-27(37)38)22(20)17-24(33)30(40)35(32(33)42)19-6-4-3-5-7-19/h3-10,12-13,16,21-24,28,36H,11,14-15,17H2,1-2H3,(H,37,38)/t21-,22+,23-,24-,28-,33-/m0/s1. The second-order valence-corrected chi connectivity index (χ2v) is 11.8. The first-order valence-corrected chi connectivity index (χ1v) is 14.3. The summed E-state index contributed by atoms with van der Waals surface area (Å²) in [6, 6.07) is 13.6. The Kier molecular flexibility index (Phi) is 6.95. The summed E-state index contributed by atoms with van der Waals surface area (Å²) in [6.07, 6.45) is 5.79. The van der Waals surface area contributed by atoms with Crippen LogP contribution in [0.15, 0.2) is 66.3 Å². The number of phenolic OH excluding ortho intramolecular Hbond substituents is 1. The van der Waals surface area contributed by atoms with Gasteiger partial charge in [-0.1, -0.05) is 48.1 Å². The minimum atomic E-state index is -1.16. The zero-order valence-corrected chi connectivity index (χ0v) is 23.8. The number of aromatic hydroxyl groups is 1. The summed E-state index contributed by atoms with van der Waals surface area (Å²) < 4.78 is 5.25. The summed E-state index contributed by atoms with van der Waals surface area (Å²) in [6.45, 7) is 1.60. The molecule has 0 unspecified atom stereocenters. The van der Waals surface area contributed by atoms with Crippen LogP contribution in [0.2, 0.25) is 0 Å². The highest BCUT2D eigenvalue weighted by Crippen LogP contribution is 2.61. The number of allylic oxidation sites excluding steroid dienone is 3. The third-order valence-corrected chi connectivity index (χ3v) is 9.69. The Labute approximate surface area is 248 Å². The molecule has 10 heteroatoms. The van der Waals surface area contributed by atoms with Gasteiger partial charge in [-0.3, -0.25) is 28.9 Å². The molecule has 2 heterocycles. The molecule has 2 N–H and O–H groups in total. The van der Waals surface area contributed by atoms with Crippen LogP contribution in [-0.2, 0) is 24.0 Å². The Morgan fingerprint density at radius 1 is 1.05 bits per heavy atom. The minimum Gasteiger partial charge on any atom is -0.504 e. The van der Waals surface area contributed by atoms with Crippen molar-refractivity contribution in [2.45, 2.75) is 26.2 Å². The number of nitrogens with zero attached hydrogens (tertiary/aromatic N) is 2. The van der Waals surface area contributed by atoms with Crippen LogP contribution in [0, 0.1) is 35.0 Å². The molecule has 2 aliphatic heterocycles. The molecule has 1 saturated carbocycles. The van der Waals surface area contributed by atoms with Gasteiger partial charge in [0.15, 0.2) is 11.5 Å². The van der Waals surface area contributed by atoms with E-state index in [0.717, 1.165) is 10.5 Å². The largest absolute Gasteiger partial charge is 0.504 e. The van der Waals surface area contributed by atoms with Gasteiger partial charge in [0, 0.05) is 12.5 Å². The number of carboxylic acids is 1. The number of anilines is 1. The van der Waals surface area contributed by atoms with Crippen molar-refractivity contribution in [2.24, 2.45) is 35.0 Å². The van der Waals surface area contributed by atoms with Crippen LogP contribution in [-0.4, -0.2) is 58.4 Å². The van der Waals surface area contributed by atoms with E-state index in [2.05, 4.69) is 0 Å². The van der Waals surface area contributed by atoms with Crippen LogP contribution in [0.5, 0.6) is 11.5 Å². The number of imide groups is 2. The number of carbonyl (C=O) groups excluding carboxylic acids is 4. The van der Waals surface area contributed by atoms with E-state index in [-0.39, 0.29) is 55.0 Å². The van der Waals surface area contributed by atoms with Crippen LogP contribution >= 0.6 is 0 Å². The van der Waals surface area contributed by atoms with Gasteiger partial charge in [0.2, 0.25) is 23.6 Å². The molecule has 10 nitrogen and oxygen atoms in total. The van der Waals surface area contributed by atoms with Crippen molar-refractivity contribution in [1.82, 2.24) is 4.90 Å². The predicted octanol–water partition coefficient (Wildman–Crippen LogP) is 3.65. The molecule has 6 rings (SSSR count). The number of carbonyl (C=O) groups is 5. The van der Waals surface area contributed by atoms with Gasteiger partial charge in [0.25, 0.3) is 0 Å². The van der Waals surface area contributed by atoms with Gasteiger partial charge in [0.1, 0.15) is 0 Å². The maximum Gasteiger partial charge on any atom is 0.305 e. The number of methoxy groups -OCH3 is 1. The van der Waals surface area contributed by atoms with Crippen LogP contribution in [0.4, 0.5) is 5.69 Å². The zero-order valence-electron chi connectivity index (χ0n) is 23.8. The van der Waals surface area contributed by atoms with Crippen molar-refractivity contribution >= 4 is 41.4 Å². The average Bonchev–Trinajstić information content (AvgIpc) is 3.35. The van der Waals surface area contributed by atoms with Gasteiger partial charge in [-0.25, -0.2) is 4.90 Å². The molecule has 0 bridgehead atoms. The second-order valence-electron chi connectivity index (χ2n) is 11.8.